The van der Waals surface area contributed by atoms with E-state index >= 15 is 0 Å². The molecule has 0 fully saturated rings. The Morgan fingerprint density at radius 2 is 1.72 bits per heavy atom. The van der Waals surface area contributed by atoms with Gasteiger partial charge in [0.2, 0.25) is 0 Å². The zero-order valence-electron chi connectivity index (χ0n) is 9.81. The van der Waals surface area contributed by atoms with Crippen LogP contribution in [0, 0.1) is 11.3 Å². The van der Waals surface area contributed by atoms with Gasteiger partial charge in [0, 0.05) is 11.6 Å². The van der Waals surface area contributed by atoms with Crippen LogP contribution >= 0.6 is 11.6 Å². The number of nitrogens with zero attached hydrogens (tertiary/aromatic N) is 1. The average Bonchev–Trinajstić information content (AvgIpc) is 2.42. The molecular formula is C15H13ClN2. The lowest BCUT2D eigenvalue weighted by atomic mass is 10.1. The van der Waals surface area contributed by atoms with Crippen LogP contribution in [0.2, 0.25) is 5.02 Å². The van der Waals surface area contributed by atoms with Crippen LogP contribution in [-0.4, -0.2) is 0 Å². The first kappa shape index (κ1) is 12.6. The molecule has 0 heterocycles. The van der Waals surface area contributed by atoms with Crippen molar-refractivity contribution in [2.45, 2.75) is 12.6 Å². The molecule has 3 heteroatoms. The van der Waals surface area contributed by atoms with Gasteiger partial charge in [0.15, 0.2) is 0 Å². The molecule has 0 spiro atoms. The van der Waals surface area contributed by atoms with E-state index in [1.807, 2.05) is 54.6 Å². The SMILES string of the molecule is N#CC(NCc1ccccc1Cl)c1ccccc1. The molecule has 1 atom stereocenters. The summed E-state index contributed by atoms with van der Waals surface area (Å²) in [4.78, 5) is 0. The van der Waals surface area contributed by atoms with Crippen molar-refractivity contribution < 1.29 is 0 Å². The van der Waals surface area contributed by atoms with E-state index in [0.29, 0.717) is 6.54 Å². The molecule has 18 heavy (non-hydrogen) atoms. The molecule has 0 aliphatic heterocycles. The summed E-state index contributed by atoms with van der Waals surface area (Å²) in [5.74, 6) is 0. The third-order valence-corrected chi connectivity index (χ3v) is 3.09. The lowest BCUT2D eigenvalue weighted by Gasteiger charge is -2.12. The fourth-order valence-electron chi connectivity index (χ4n) is 1.74. The highest BCUT2D eigenvalue weighted by atomic mass is 35.5. The number of nitrogens with one attached hydrogen (secondary N) is 1. The molecule has 0 aliphatic carbocycles. The molecule has 0 aliphatic rings. The molecule has 1 N–H and O–H groups in total. The summed E-state index contributed by atoms with van der Waals surface area (Å²) in [6.07, 6.45) is 0. The third-order valence-electron chi connectivity index (χ3n) is 2.72. The minimum atomic E-state index is -0.317. The molecule has 0 bridgehead atoms. The number of hydrogen-bond donors (Lipinski definition) is 1. The molecule has 2 aromatic rings. The first-order chi connectivity index (χ1) is 8.81. The van der Waals surface area contributed by atoms with Crippen LogP contribution in [0.5, 0.6) is 0 Å². The van der Waals surface area contributed by atoms with E-state index in [1.54, 1.807) is 0 Å². The van der Waals surface area contributed by atoms with Crippen molar-refractivity contribution in [3.05, 3.63) is 70.7 Å². The van der Waals surface area contributed by atoms with Crippen LogP contribution in [-0.2, 0) is 6.54 Å². The number of benzene rings is 2. The summed E-state index contributed by atoms with van der Waals surface area (Å²) < 4.78 is 0. The molecule has 2 rings (SSSR count). The van der Waals surface area contributed by atoms with Gasteiger partial charge in [-0.3, -0.25) is 5.32 Å². The maximum Gasteiger partial charge on any atom is 0.121 e. The summed E-state index contributed by atoms with van der Waals surface area (Å²) in [6.45, 7) is 0.576. The Kier molecular flexibility index (Phi) is 4.35. The van der Waals surface area contributed by atoms with Crippen molar-refractivity contribution in [3.63, 3.8) is 0 Å². The van der Waals surface area contributed by atoms with Gasteiger partial charge >= 0.3 is 0 Å². The highest BCUT2D eigenvalue weighted by Gasteiger charge is 2.09. The van der Waals surface area contributed by atoms with E-state index in [2.05, 4.69) is 11.4 Å². The second-order valence-corrected chi connectivity index (χ2v) is 4.35. The summed E-state index contributed by atoms with van der Waals surface area (Å²) in [7, 11) is 0. The number of nitriles is 1. The van der Waals surface area contributed by atoms with Gasteiger partial charge in [0.1, 0.15) is 6.04 Å². The Morgan fingerprint density at radius 1 is 1.06 bits per heavy atom. The van der Waals surface area contributed by atoms with Crippen molar-refractivity contribution in [2.75, 3.05) is 0 Å². The number of hydrogen-bond acceptors (Lipinski definition) is 2. The van der Waals surface area contributed by atoms with Gasteiger partial charge in [-0.15, -0.1) is 0 Å². The normalized spacial score (nSPS) is 11.8. The van der Waals surface area contributed by atoms with Crippen LogP contribution in [0.15, 0.2) is 54.6 Å². The fourth-order valence-corrected chi connectivity index (χ4v) is 1.94. The predicted octanol–water partition coefficient (Wildman–Crippen LogP) is 3.69. The van der Waals surface area contributed by atoms with Crippen LogP contribution < -0.4 is 5.32 Å². The highest BCUT2D eigenvalue weighted by Crippen LogP contribution is 2.17. The molecule has 0 saturated carbocycles. The van der Waals surface area contributed by atoms with Crippen molar-refractivity contribution in [2.24, 2.45) is 0 Å². The van der Waals surface area contributed by atoms with Crippen molar-refractivity contribution >= 4 is 11.6 Å². The largest absolute Gasteiger partial charge is 0.294 e. The Hall–Kier alpha value is -1.82. The molecule has 2 nitrogen and oxygen atoms in total. The Morgan fingerprint density at radius 3 is 2.39 bits per heavy atom. The van der Waals surface area contributed by atoms with Crippen LogP contribution in [0.1, 0.15) is 17.2 Å². The van der Waals surface area contributed by atoms with Gasteiger partial charge < -0.3 is 0 Å². The second-order valence-electron chi connectivity index (χ2n) is 3.95. The molecule has 0 saturated heterocycles. The molecular weight excluding hydrogens is 244 g/mol. The van der Waals surface area contributed by atoms with Crippen molar-refractivity contribution in [3.8, 4) is 6.07 Å². The lowest BCUT2D eigenvalue weighted by Crippen LogP contribution is -2.19. The van der Waals surface area contributed by atoms with Gasteiger partial charge in [-0.2, -0.15) is 5.26 Å². The van der Waals surface area contributed by atoms with E-state index in [9.17, 15) is 5.26 Å². The molecule has 0 radical (unpaired) electrons. The van der Waals surface area contributed by atoms with E-state index < -0.39 is 0 Å². The molecule has 2 aromatic carbocycles. The summed E-state index contributed by atoms with van der Waals surface area (Å²) >= 11 is 6.07. The molecule has 0 aromatic heterocycles. The highest BCUT2D eigenvalue weighted by molar-refractivity contribution is 6.31. The van der Waals surface area contributed by atoms with Crippen LogP contribution in [0.3, 0.4) is 0 Å². The summed E-state index contributed by atoms with van der Waals surface area (Å²) in [6, 6.07) is 19.2. The minimum Gasteiger partial charge on any atom is -0.294 e. The predicted molar refractivity (Wildman–Crippen MR) is 73.1 cm³/mol. The van der Waals surface area contributed by atoms with Gasteiger partial charge in [-0.05, 0) is 17.2 Å². The van der Waals surface area contributed by atoms with E-state index in [0.717, 1.165) is 16.1 Å². The zero-order chi connectivity index (χ0) is 12.8. The quantitative estimate of drug-likeness (QED) is 0.906. The zero-order valence-corrected chi connectivity index (χ0v) is 10.6. The summed E-state index contributed by atoms with van der Waals surface area (Å²) in [5, 5.41) is 13.1. The fraction of sp³-hybridized carbons (Fsp3) is 0.133. The van der Waals surface area contributed by atoms with Gasteiger partial charge in [-0.1, -0.05) is 60.1 Å². The van der Waals surface area contributed by atoms with Gasteiger partial charge in [0.25, 0.3) is 0 Å². The van der Waals surface area contributed by atoms with Crippen molar-refractivity contribution in [1.82, 2.24) is 5.32 Å². The van der Waals surface area contributed by atoms with E-state index in [-0.39, 0.29) is 6.04 Å². The smallest absolute Gasteiger partial charge is 0.121 e. The maximum absolute atomic E-state index is 9.18. The molecule has 0 amide bonds. The monoisotopic (exact) mass is 256 g/mol. The Bertz CT molecular complexity index is 546. The summed E-state index contributed by atoms with van der Waals surface area (Å²) in [5.41, 5.74) is 1.96. The Balaban J connectivity index is 2.05. The third kappa shape index (κ3) is 3.10. The molecule has 1 unspecified atom stereocenters. The van der Waals surface area contributed by atoms with Gasteiger partial charge in [0.05, 0.1) is 6.07 Å². The number of halogens is 1. The second kappa shape index (κ2) is 6.20. The van der Waals surface area contributed by atoms with Crippen LogP contribution in [0.4, 0.5) is 0 Å². The Labute approximate surface area is 112 Å². The standard InChI is InChI=1S/C15H13ClN2/c16-14-9-5-4-8-13(14)11-18-15(10-17)12-6-2-1-3-7-12/h1-9,15,18H,11H2. The first-order valence-corrected chi connectivity index (χ1v) is 6.10. The van der Waals surface area contributed by atoms with Crippen molar-refractivity contribution in [1.29, 1.82) is 5.26 Å². The van der Waals surface area contributed by atoms with Gasteiger partial charge in [-0.25, -0.2) is 0 Å². The lowest BCUT2D eigenvalue weighted by molar-refractivity contribution is 0.630. The first-order valence-electron chi connectivity index (χ1n) is 5.72. The average molecular weight is 257 g/mol. The van der Waals surface area contributed by atoms with E-state index in [1.165, 1.54) is 0 Å². The minimum absolute atomic E-state index is 0.317. The number of rotatable bonds is 4. The topological polar surface area (TPSA) is 35.8 Å². The molecule has 90 valence electrons. The maximum atomic E-state index is 9.18. The van der Waals surface area contributed by atoms with Crippen LogP contribution in [0.25, 0.3) is 0 Å². The van der Waals surface area contributed by atoms with E-state index in [4.69, 9.17) is 11.6 Å².